The molecule has 0 radical (unpaired) electrons. The van der Waals surface area contributed by atoms with E-state index in [0.717, 1.165) is 23.4 Å². The Morgan fingerprint density at radius 2 is 2.37 bits per heavy atom. The van der Waals surface area contributed by atoms with Gasteiger partial charge in [0.05, 0.1) is 5.69 Å². The van der Waals surface area contributed by atoms with Gasteiger partial charge in [0, 0.05) is 12.0 Å². The molecule has 1 atom stereocenters. The molecular formula is C12H17N3O3S. The molecule has 1 aliphatic heterocycles. The fourth-order valence-electron chi connectivity index (χ4n) is 2.47. The molecule has 0 spiro atoms. The van der Waals surface area contributed by atoms with E-state index in [9.17, 15) is 9.59 Å². The predicted octanol–water partition coefficient (Wildman–Crippen LogP) is 1.46. The monoisotopic (exact) mass is 283 g/mol. The minimum atomic E-state index is -0.967. The van der Waals surface area contributed by atoms with Gasteiger partial charge in [0.15, 0.2) is 0 Å². The standard InChI is InChI=1S/C12H17N3O3S/c1-7-11-8(3-4-19-2)5-9(16)13-12(11)15(14-7)6-10(17)18/h8H,3-6H2,1-2H3,(H,13,16)(H,17,18)/t8-/m0/s1. The van der Waals surface area contributed by atoms with Crippen LogP contribution in [0.5, 0.6) is 0 Å². The van der Waals surface area contributed by atoms with Gasteiger partial charge in [-0.15, -0.1) is 0 Å². The van der Waals surface area contributed by atoms with Crippen molar-refractivity contribution in [1.29, 1.82) is 0 Å². The van der Waals surface area contributed by atoms with Gasteiger partial charge in [-0.3, -0.25) is 9.59 Å². The second kappa shape index (κ2) is 5.64. The number of hydrogen-bond acceptors (Lipinski definition) is 4. The summed E-state index contributed by atoms with van der Waals surface area (Å²) in [6.07, 6.45) is 3.39. The summed E-state index contributed by atoms with van der Waals surface area (Å²) in [7, 11) is 0. The van der Waals surface area contributed by atoms with Crippen LogP contribution in [-0.4, -0.2) is 38.8 Å². The lowest BCUT2D eigenvalue weighted by atomic mass is 9.90. The van der Waals surface area contributed by atoms with Crippen LogP contribution in [0, 0.1) is 6.92 Å². The number of amides is 1. The second-order valence-electron chi connectivity index (χ2n) is 4.63. The van der Waals surface area contributed by atoms with Gasteiger partial charge in [0.25, 0.3) is 0 Å². The van der Waals surface area contributed by atoms with Gasteiger partial charge in [0.2, 0.25) is 5.91 Å². The van der Waals surface area contributed by atoms with Crippen LogP contribution in [0.1, 0.15) is 30.0 Å². The number of nitrogens with zero attached hydrogens (tertiary/aromatic N) is 2. The molecular weight excluding hydrogens is 266 g/mol. The lowest BCUT2D eigenvalue weighted by Crippen LogP contribution is -2.25. The Morgan fingerprint density at radius 1 is 1.63 bits per heavy atom. The average Bonchev–Trinajstić information content (AvgIpc) is 2.62. The van der Waals surface area contributed by atoms with Crippen LogP contribution in [0.2, 0.25) is 0 Å². The smallest absolute Gasteiger partial charge is 0.325 e. The van der Waals surface area contributed by atoms with E-state index in [4.69, 9.17) is 5.11 Å². The van der Waals surface area contributed by atoms with Gasteiger partial charge >= 0.3 is 5.97 Å². The largest absolute Gasteiger partial charge is 0.480 e. The Bertz CT molecular complexity index is 513. The van der Waals surface area contributed by atoms with Crippen molar-refractivity contribution in [2.24, 2.45) is 0 Å². The Labute approximate surface area is 115 Å². The summed E-state index contributed by atoms with van der Waals surface area (Å²) in [5.74, 6) is 0.637. The van der Waals surface area contributed by atoms with Gasteiger partial charge in [-0.2, -0.15) is 16.9 Å². The first-order valence-electron chi connectivity index (χ1n) is 6.10. The van der Waals surface area contributed by atoms with Gasteiger partial charge in [-0.1, -0.05) is 0 Å². The summed E-state index contributed by atoms with van der Waals surface area (Å²) in [5, 5.41) is 15.9. The lowest BCUT2D eigenvalue weighted by molar-refractivity contribution is -0.137. The first-order chi connectivity index (χ1) is 9.02. The van der Waals surface area contributed by atoms with E-state index in [1.165, 1.54) is 4.68 Å². The van der Waals surface area contributed by atoms with Gasteiger partial charge in [-0.25, -0.2) is 4.68 Å². The Morgan fingerprint density at radius 3 is 3.00 bits per heavy atom. The highest BCUT2D eigenvalue weighted by Gasteiger charge is 2.31. The van der Waals surface area contributed by atoms with E-state index in [1.807, 2.05) is 13.2 Å². The molecule has 1 aliphatic rings. The fourth-order valence-corrected chi connectivity index (χ4v) is 2.99. The summed E-state index contributed by atoms with van der Waals surface area (Å²) in [6.45, 7) is 1.63. The lowest BCUT2D eigenvalue weighted by Gasteiger charge is -2.23. The van der Waals surface area contributed by atoms with Gasteiger partial charge in [0.1, 0.15) is 12.4 Å². The van der Waals surface area contributed by atoms with Crippen molar-refractivity contribution >= 4 is 29.5 Å². The summed E-state index contributed by atoms with van der Waals surface area (Å²) < 4.78 is 1.37. The number of aryl methyl sites for hydroxylation is 1. The molecule has 0 aromatic carbocycles. The molecule has 0 fully saturated rings. The van der Waals surface area contributed by atoms with Crippen LogP contribution in [0.15, 0.2) is 0 Å². The maximum absolute atomic E-state index is 11.7. The molecule has 0 saturated heterocycles. The number of fused-ring (bicyclic) bond motifs is 1. The van der Waals surface area contributed by atoms with E-state index in [0.29, 0.717) is 12.2 Å². The second-order valence-corrected chi connectivity index (χ2v) is 5.62. The third-order valence-corrected chi connectivity index (χ3v) is 3.87. The zero-order valence-corrected chi connectivity index (χ0v) is 11.8. The zero-order chi connectivity index (χ0) is 14.0. The molecule has 6 nitrogen and oxygen atoms in total. The van der Waals surface area contributed by atoms with E-state index in [2.05, 4.69) is 10.4 Å². The highest BCUT2D eigenvalue weighted by Crippen LogP contribution is 2.37. The summed E-state index contributed by atoms with van der Waals surface area (Å²) in [6, 6.07) is 0. The van der Waals surface area contributed by atoms with Crippen molar-refractivity contribution in [2.75, 3.05) is 17.3 Å². The number of carboxylic acids is 1. The quantitative estimate of drug-likeness (QED) is 0.854. The van der Waals surface area contributed by atoms with E-state index in [1.54, 1.807) is 11.8 Å². The summed E-state index contributed by atoms with van der Waals surface area (Å²) in [4.78, 5) is 22.6. The third kappa shape index (κ3) is 2.91. The fraction of sp³-hybridized carbons (Fsp3) is 0.583. The number of anilines is 1. The zero-order valence-electron chi connectivity index (χ0n) is 11.0. The Balaban J connectivity index is 2.35. The maximum Gasteiger partial charge on any atom is 0.325 e. The number of aliphatic carboxylic acids is 1. The van der Waals surface area contributed by atoms with Crippen LogP contribution >= 0.6 is 11.8 Å². The van der Waals surface area contributed by atoms with Crippen LogP contribution in [-0.2, 0) is 16.1 Å². The maximum atomic E-state index is 11.7. The molecule has 19 heavy (non-hydrogen) atoms. The van der Waals surface area contributed by atoms with Gasteiger partial charge < -0.3 is 10.4 Å². The van der Waals surface area contributed by atoms with Crippen LogP contribution in [0.3, 0.4) is 0 Å². The first-order valence-corrected chi connectivity index (χ1v) is 7.50. The predicted molar refractivity (Wildman–Crippen MR) is 73.6 cm³/mol. The Kier molecular flexibility index (Phi) is 4.14. The summed E-state index contributed by atoms with van der Waals surface area (Å²) in [5.41, 5.74) is 1.80. The molecule has 2 heterocycles. The number of carboxylic acid groups (broad SMARTS) is 1. The number of nitrogens with one attached hydrogen (secondary N) is 1. The molecule has 104 valence electrons. The number of carbonyl (C=O) groups is 2. The van der Waals surface area contributed by atoms with E-state index < -0.39 is 5.97 Å². The van der Waals surface area contributed by atoms with Crippen molar-refractivity contribution in [2.45, 2.75) is 32.2 Å². The SMILES string of the molecule is CSCC[C@H]1CC(=O)Nc2c1c(C)nn2CC(=O)O. The van der Waals surface area contributed by atoms with Crippen molar-refractivity contribution in [3.05, 3.63) is 11.3 Å². The van der Waals surface area contributed by atoms with Crippen molar-refractivity contribution < 1.29 is 14.7 Å². The normalized spacial score (nSPS) is 18.0. The summed E-state index contributed by atoms with van der Waals surface area (Å²) >= 11 is 1.74. The third-order valence-electron chi connectivity index (χ3n) is 3.23. The molecule has 0 aliphatic carbocycles. The molecule has 0 saturated carbocycles. The van der Waals surface area contributed by atoms with Crippen molar-refractivity contribution in [3.8, 4) is 0 Å². The topological polar surface area (TPSA) is 84.2 Å². The van der Waals surface area contributed by atoms with Gasteiger partial charge in [-0.05, 0) is 31.3 Å². The molecule has 0 unspecified atom stereocenters. The van der Waals surface area contributed by atoms with Crippen LogP contribution in [0.25, 0.3) is 0 Å². The first kappa shape index (κ1) is 13.9. The molecule has 1 aromatic rings. The molecule has 0 bridgehead atoms. The van der Waals surface area contributed by atoms with E-state index in [-0.39, 0.29) is 18.4 Å². The molecule has 7 heteroatoms. The number of aromatic nitrogens is 2. The average molecular weight is 283 g/mol. The molecule has 1 aromatic heterocycles. The number of carbonyl (C=O) groups excluding carboxylic acids is 1. The highest BCUT2D eigenvalue weighted by atomic mass is 32.2. The minimum Gasteiger partial charge on any atom is -0.480 e. The Hall–Kier alpha value is -1.50. The van der Waals surface area contributed by atoms with Crippen molar-refractivity contribution in [1.82, 2.24) is 9.78 Å². The number of hydrogen-bond donors (Lipinski definition) is 2. The van der Waals surface area contributed by atoms with Crippen LogP contribution in [0.4, 0.5) is 5.82 Å². The molecule has 1 amide bonds. The number of thioether (sulfide) groups is 1. The number of rotatable bonds is 5. The highest BCUT2D eigenvalue weighted by molar-refractivity contribution is 7.98. The van der Waals surface area contributed by atoms with Crippen LogP contribution < -0.4 is 5.32 Å². The van der Waals surface area contributed by atoms with E-state index >= 15 is 0 Å². The molecule has 2 rings (SSSR count). The molecule has 2 N–H and O–H groups in total. The minimum absolute atomic E-state index is 0.0647. The van der Waals surface area contributed by atoms with Crippen molar-refractivity contribution in [3.63, 3.8) is 0 Å².